The number of carbonyl (C=O) groups is 1. The van der Waals surface area contributed by atoms with Gasteiger partial charge < -0.3 is 5.32 Å². The van der Waals surface area contributed by atoms with E-state index in [1.807, 2.05) is 29.0 Å². The van der Waals surface area contributed by atoms with Gasteiger partial charge in [-0.1, -0.05) is 12.1 Å². The Balaban J connectivity index is 2.09. The second-order valence-electron chi connectivity index (χ2n) is 3.30. The highest BCUT2D eigenvalue weighted by Gasteiger charge is 2.05. The molecule has 2 rings (SSSR count). The van der Waals surface area contributed by atoms with Crippen molar-refractivity contribution in [1.29, 1.82) is 0 Å². The molecule has 1 aromatic carbocycles. The number of amides is 1. The van der Waals surface area contributed by atoms with Crippen LogP contribution in [0.4, 0.5) is 5.69 Å². The molecule has 82 valence electrons. The third-order valence-electron chi connectivity index (χ3n) is 2.15. The molecule has 0 saturated carbocycles. The van der Waals surface area contributed by atoms with Gasteiger partial charge in [-0.15, -0.1) is 11.6 Å². The van der Waals surface area contributed by atoms with Gasteiger partial charge in [-0.3, -0.25) is 4.79 Å². The molecule has 0 bridgehead atoms. The number of hydrogen-bond acceptors (Lipinski definition) is 2. The molecule has 0 atom stereocenters. The van der Waals surface area contributed by atoms with E-state index < -0.39 is 0 Å². The van der Waals surface area contributed by atoms with Gasteiger partial charge in [0, 0.05) is 16.8 Å². The predicted molar refractivity (Wildman–Crippen MR) is 68.3 cm³/mol. The first-order valence-corrected chi connectivity index (χ1v) is 6.26. The Morgan fingerprint density at radius 1 is 1.25 bits per heavy atom. The van der Waals surface area contributed by atoms with Gasteiger partial charge in [0.15, 0.2) is 0 Å². The number of alkyl halides is 1. The highest BCUT2D eigenvalue weighted by atomic mass is 35.5. The maximum Gasteiger partial charge on any atom is 0.255 e. The lowest BCUT2D eigenvalue weighted by molar-refractivity contribution is 0.102. The number of benzene rings is 1. The zero-order valence-corrected chi connectivity index (χ0v) is 10.0. The molecule has 1 N–H and O–H groups in total. The van der Waals surface area contributed by atoms with Crippen LogP contribution in [-0.4, -0.2) is 5.91 Å². The Labute approximate surface area is 103 Å². The van der Waals surface area contributed by atoms with Crippen LogP contribution in [0.15, 0.2) is 41.1 Å². The molecule has 0 aliphatic rings. The summed E-state index contributed by atoms with van der Waals surface area (Å²) in [6.45, 7) is 0. The van der Waals surface area contributed by atoms with E-state index in [-0.39, 0.29) is 5.91 Å². The van der Waals surface area contributed by atoms with E-state index in [0.29, 0.717) is 11.4 Å². The molecule has 0 aliphatic carbocycles. The molecule has 0 aliphatic heterocycles. The smallest absolute Gasteiger partial charge is 0.255 e. The van der Waals surface area contributed by atoms with Gasteiger partial charge in [0.1, 0.15) is 0 Å². The lowest BCUT2D eigenvalue weighted by Crippen LogP contribution is -2.10. The first kappa shape index (κ1) is 11.2. The van der Waals surface area contributed by atoms with Gasteiger partial charge in [-0.05, 0) is 29.1 Å². The first-order valence-electron chi connectivity index (χ1n) is 4.78. The normalized spacial score (nSPS) is 10.1. The van der Waals surface area contributed by atoms with E-state index in [0.717, 1.165) is 11.3 Å². The molecule has 0 radical (unpaired) electrons. The third kappa shape index (κ3) is 2.62. The summed E-state index contributed by atoms with van der Waals surface area (Å²) in [7, 11) is 0. The average molecular weight is 252 g/mol. The van der Waals surface area contributed by atoms with E-state index in [1.54, 1.807) is 23.5 Å². The zero-order valence-electron chi connectivity index (χ0n) is 8.44. The van der Waals surface area contributed by atoms with Crippen LogP contribution >= 0.6 is 22.9 Å². The Hall–Kier alpha value is -1.32. The Bertz CT molecular complexity index is 464. The molecular weight excluding hydrogens is 242 g/mol. The van der Waals surface area contributed by atoms with Crippen molar-refractivity contribution in [1.82, 2.24) is 0 Å². The Morgan fingerprint density at radius 3 is 2.56 bits per heavy atom. The Kier molecular flexibility index (Phi) is 3.59. The fourth-order valence-corrected chi connectivity index (χ4v) is 2.05. The summed E-state index contributed by atoms with van der Waals surface area (Å²) in [5.74, 6) is 0.367. The minimum Gasteiger partial charge on any atom is -0.321 e. The fraction of sp³-hybridized carbons (Fsp3) is 0.0833. The molecule has 0 fully saturated rings. The second kappa shape index (κ2) is 5.14. The maximum atomic E-state index is 11.8. The molecule has 2 nitrogen and oxygen atoms in total. The quantitative estimate of drug-likeness (QED) is 0.828. The predicted octanol–water partition coefficient (Wildman–Crippen LogP) is 3.74. The summed E-state index contributed by atoms with van der Waals surface area (Å²) in [4.78, 5) is 11.8. The van der Waals surface area contributed by atoms with E-state index in [2.05, 4.69) is 5.32 Å². The number of nitrogens with one attached hydrogen (secondary N) is 1. The largest absolute Gasteiger partial charge is 0.321 e. The van der Waals surface area contributed by atoms with Gasteiger partial charge in [-0.2, -0.15) is 11.3 Å². The minimum atomic E-state index is -0.0977. The summed E-state index contributed by atoms with van der Waals surface area (Å²) in [5, 5.41) is 6.63. The van der Waals surface area contributed by atoms with E-state index in [1.165, 1.54) is 0 Å². The monoisotopic (exact) mass is 251 g/mol. The minimum absolute atomic E-state index is 0.0977. The molecule has 0 spiro atoms. The SMILES string of the molecule is O=C(Nc1ccsc1)c1ccc(CCl)cc1. The van der Waals surface area contributed by atoms with Crippen molar-refractivity contribution in [3.63, 3.8) is 0 Å². The first-order chi connectivity index (χ1) is 7.79. The topological polar surface area (TPSA) is 29.1 Å². The molecule has 16 heavy (non-hydrogen) atoms. The van der Waals surface area contributed by atoms with Crippen LogP contribution in [0.5, 0.6) is 0 Å². The van der Waals surface area contributed by atoms with E-state index >= 15 is 0 Å². The van der Waals surface area contributed by atoms with Crippen molar-refractivity contribution in [2.24, 2.45) is 0 Å². The molecule has 4 heteroatoms. The van der Waals surface area contributed by atoms with Crippen LogP contribution in [-0.2, 0) is 5.88 Å². The summed E-state index contributed by atoms with van der Waals surface area (Å²) in [5.41, 5.74) is 2.48. The van der Waals surface area contributed by atoms with Crippen molar-refractivity contribution in [3.8, 4) is 0 Å². The number of rotatable bonds is 3. The number of carbonyl (C=O) groups excluding carboxylic acids is 1. The van der Waals surface area contributed by atoms with Crippen molar-refractivity contribution in [3.05, 3.63) is 52.2 Å². The standard InChI is InChI=1S/C12H10ClNOS/c13-7-9-1-3-10(4-2-9)12(15)14-11-5-6-16-8-11/h1-6,8H,7H2,(H,14,15). The van der Waals surface area contributed by atoms with Crippen molar-refractivity contribution < 1.29 is 4.79 Å². The summed E-state index contributed by atoms with van der Waals surface area (Å²) < 4.78 is 0. The van der Waals surface area contributed by atoms with Crippen molar-refractivity contribution in [2.75, 3.05) is 5.32 Å². The fourth-order valence-electron chi connectivity index (χ4n) is 1.28. The van der Waals surface area contributed by atoms with Crippen LogP contribution in [0.1, 0.15) is 15.9 Å². The summed E-state index contributed by atoms with van der Waals surface area (Å²) in [6, 6.07) is 9.14. The van der Waals surface area contributed by atoms with E-state index in [9.17, 15) is 4.79 Å². The molecule has 1 amide bonds. The molecule has 1 aromatic heterocycles. The lowest BCUT2D eigenvalue weighted by Gasteiger charge is -2.03. The van der Waals surface area contributed by atoms with Crippen LogP contribution in [0.25, 0.3) is 0 Å². The number of thiophene rings is 1. The van der Waals surface area contributed by atoms with Crippen LogP contribution in [0.3, 0.4) is 0 Å². The second-order valence-corrected chi connectivity index (χ2v) is 4.34. The van der Waals surface area contributed by atoms with E-state index in [4.69, 9.17) is 11.6 Å². The highest BCUT2D eigenvalue weighted by molar-refractivity contribution is 7.08. The molecule has 1 heterocycles. The van der Waals surface area contributed by atoms with Crippen molar-refractivity contribution in [2.45, 2.75) is 5.88 Å². The van der Waals surface area contributed by atoms with Crippen LogP contribution in [0.2, 0.25) is 0 Å². The molecular formula is C12H10ClNOS. The average Bonchev–Trinajstić information content (AvgIpc) is 2.82. The molecule has 0 saturated heterocycles. The summed E-state index contributed by atoms with van der Waals surface area (Å²) >= 11 is 7.23. The number of anilines is 1. The maximum absolute atomic E-state index is 11.8. The summed E-state index contributed by atoms with van der Waals surface area (Å²) in [6.07, 6.45) is 0. The molecule has 2 aromatic rings. The van der Waals surface area contributed by atoms with Gasteiger partial charge in [0.25, 0.3) is 5.91 Å². The highest BCUT2D eigenvalue weighted by Crippen LogP contribution is 2.14. The number of hydrogen-bond donors (Lipinski definition) is 1. The van der Waals surface area contributed by atoms with Gasteiger partial charge in [0.2, 0.25) is 0 Å². The van der Waals surface area contributed by atoms with Gasteiger partial charge in [0.05, 0.1) is 5.69 Å². The molecule has 0 unspecified atom stereocenters. The van der Waals surface area contributed by atoms with Gasteiger partial charge >= 0.3 is 0 Å². The van der Waals surface area contributed by atoms with Crippen molar-refractivity contribution >= 4 is 34.5 Å². The third-order valence-corrected chi connectivity index (χ3v) is 3.14. The zero-order chi connectivity index (χ0) is 11.4. The van der Waals surface area contributed by atoms with Crippen LogP contribution < -0.4 is 5.32 Å². The number of halogens is 1. The lowest BCUT2D eigenvalue weighted by atomic mass is 10.1. The Morgan fingerprint density at radius 2 is 2.00 bits per heavy atom. The van der Waals surface area contributed by atoms with Gasteiger partial charge in [-0.25, -0.2) is 0 Å². The van der Waals surface area contributed by atoms with Crippen LogP contribution in [0, 0.1) is 0 Å².